The minimum absolute atomic E-state index is 0.0399. The Hall–Kier alpha value is -1.67. The highest BCUT2D eigenvalue weighted by Gasteiger charge is 2.28. The third kappa shape index (κ3) is 4.28. The summed E-state index contributed by atoms with van der Waals surface area (Å²) in [5, 5.41) is 0. The molecule has 1 unspecified atom stereocenters. The van der Waals surface area contributed by atoms with Crippen LogP contribution >= 0.6 is 0 Å². The Morgan fingerprint density at radius 3 is 2.07 bits per heavy atom. The van der Waals surface area contributed by atoms with Crippen LogP contribution in [0.1, 0.15) is 39.6 Å². The van der Waals surface area contributed by atoms with Crippen LogP contribution in [0.3, 0.4) is 0 Å². The van der Waals surface area contributed by atoms with Crippen molar-refractivity contribution in [1.82, 2.24) is 14.2 Å². The number of nitrogens with zero attached hydrogens (tertiary/aromatic N) is 2. The van der Waals surface area contributed by atoms with Gasteiger partial charge in [0, 0.05) is 38.6 Å². The van der Waals surface area contributed by atoms with Gasteiger partial charge in [-0.15, -0.1) is 0 Å². The summed E-state index contributed by atoms with van der Waals surface area (Å²) in [6.07, 6.45) is 2.00. The monoisotopic (exact) mass is 419 g/mol. The summed E-state index contributed by atoms with van der Waals surface area (Å²) in [4.78, 5) is 2.72. The molecule has 1 aromatic carbocycles. The molecule has 0 radical (unpaired) electrons. The average molecular weight is 420 g/mol. The van der Waals surface area contributed by atoms with Gasteiger partial charge in [-0.05, 0) is 74.6 Å². The number of hydrogen-bond donors (Lipinski definition) is 1. The zero-order valence-electron chi connectivity index (χ0n) is 18.4. The maximum absolute atomic E-state index is 13.4. The second kappa shape index (κ2) is 8.60. The van der Waals surface area contributed by atoms with Crippen LogP contribution in [0.5, 0.6) is 0 Å². The number of sulfonamides is 1. The van der Waals surface area contributed by atoms with Gasteiger partial charge in [0.25, 0.3) is 0 Å². The zero-order valence-corrected chi connectivity index (χ0v) is 19.2. The summed E-state index contributed by atoms with van der Waals surface area (Å²) in [6.45, 7) is 13.1. The highest BCUT2D eigenvalue weighted by Crippen LogP contribution is 2.30. The molecule has 0 amide bonds. The topological polar surface area (TPSA) is 63.6 Å². The summed E-state index contributed by atoms with van der Waals surface area (Å²) in [7, 11) is -1.64. The third-order valence-corrected chi connectivity index (χ3v) is 8.17. The Balaban J connectivity index is 1.92. The molecule has 1 saturated heterocycles. The molecule has 0 aliphatic carbocycles. The molecule has 0 spiro atoms. The molecule has 1 aliphatic rings. The van der Waals surface area contributed by atoms with Gasteiger partial charge in [0.05, 0.1) is 24.2 Å². The standard InChI is InChI=1S/C22H33N3O3S/c1-15-16(2)18(4)22(19(5)17(15)3)29(26,27)23-14-21(20-8-7-9-24(20)6)25-10-12-28-13-11-25/h7-9,21,23H,10-14H2,1-6H3. The molecule has 0 bridgehead atoms. The molecule has 2 aromatic rings. The first-order valence-electron chi connectivity index (χ1n) is 10.1. The van der Waals surface area contributed by atoms with Crippen molar-refractivity contribution in [2.45, 2.75) is 45.6 Å². The fourth-order valence-electron chi connectivity index (χ4n) is 4.26. The first-order chi connectivity index (χ1) is 13.6. The summed E-state index contributed by atoms with van der Waals surface area (Å²) >= 11 is 0. The fourth-order valence-corrected chi connectivity index (χ4v) is 5.89. The fraction of sp³-hybridized carbons (Fsp3) is 0.545. The predicted molar refractivity (Wildman–Crippen MR) is 116 cm³/mol. The Morgan fingerprint density at radius 2 is 1.55 bits per heavy atom. The van der Waals surface area contributed by atoms with E-state index in [0.29, 0.717) is 24.7 Å². The molecule has 6 nitrogen and oxygen atoms in total. The summed E-state index contributed by atoms with van der Waals surface area (Å²) in [5.74, 6) is 0. The number of nitrogens with one attached hydrogen (secondary N) is 1. The van der Waals surface area contributed by atoms with Gasteiger partial charge in [-0.3, -0.25) is 4.90 Å². The second-order valence-corrected chi connectivity index (χ2v) is 9.72. The lowest BCUT2D eigenvalue weighted by atomic mass is 9.95. The maximum atomic E-state index is 13.4. The van der Waals surface area contributed by atoms with E-state index in [4.69, 9.17) is 4.74 Å². The van der Waals surface area contributed by atoms with Crippen molar-refractivity contribution in [3.8, 4) is 0 Å². The number of ether oxygens (including phenoxy) is 1. The summed E-state index contributed by atoms with van der Waals surface area (Å²) < 4.78 is 37.2. The molecule has 1 atom stereocenters. The Morgan fingerprint density at radius 1 is 1.00 bits per heavy atom. The third-order valence-electron chi connectivity index (χ3n) is 6.48. The van der Waals surface area contributed by atoms with Crippen LogP contribution in [0.15, 0.2) is 23.2 Å². The van der Waals surface area contributed by atoms with E-state index in [-0.39, 0.29) is 6.04 Å². The van der Waals surface area contributed by atoms with Crippen molar-refractivity contribution in [2.75, 3.05) is 32.8 Å². The van der Waals surface area contributed by atoms with Gasteiger partial charge < -0.3 is 9.30 Å². The smallest absolute Gasteiger partial charge is 0.241 e. The Bertz CT molecular complexity index is 960. The number of benzene rings is 1. The van der Waals surface area contributed by atoms with Gasteiger partial charge in [0.2, 0.25) is 10.0 Å². The molecule has 2 heterocycles. The van der Waals surface area contributed by atoms with Crippen LogP contribution in [-0.4, -0.2) is 50.7 Å². The lowest BCUT2D eigenvalue weighted by Crippen LogP contribution is -2.44. The molecular weight excluding hydrogens is 386 g/mol. The van der Waals surface area contributed by atoms with E-state index in [0.717, 1.165) is 46.6 Å². The minimum Gasteiger partial charge on any atom is -0.379 e. The van der Waals surface area contributed by atoms with Crippen molar-refractivity contribution < 1.29 is 13.2 Å². The highest BCUT2D eigenvalue weighted by molar-refractivity contribution is 7.89. The SMILES string of the molecule is Cc1c(C)c(C)c(S(=O)(=O)NCC(c2cccn2C)N2CCOCC2)c(C)c1C. The summed E-state index contributed by atoms with van der Waals surface area (Å²) in [6, 6.07) is 4.02. The van der Waals surface area contributed by atoms with Gasteiger partial charge >= 0.3 is 0 Å². The first-order valence-corrected chi connectivity index (χ1v) is 11.6. The predicted octanol–water partition coefficient (Wildman–Crippen LogP) is 2.92. The van der Waals surface area contributed by atoms with Crippen molar-refractivity contribution in [3.05, 3.63) is 51.8 Å². The highest BCUT2D eigenvalue weighted by atomic mass is 32.2. The van der Waals surface area contributed by atoms with E-state index in [9.17, 15) is 8.42 Å². The Labute approximate surface area is 174 Å². The van der Waals surface area contributed by atoms with Crippen LogP contribution < -0.4 is 4.72 Å². The minimum atomic E-state index is -3.64. The number of aryl methyl sites for hydroxylation is 1. The average Bonchev–Trinajstić information content (AvgIpc) is 3.11. The van der Waals surface area contributed by atoms with E-state index in [1.165, 1.54) is 0 Å². The molecule has 0 saturated carbocycles. The molecular formula is C22H33N3O3S. The van der Waals surface area contributed by atoms with Gasteiger partial charge in [-0.25, -0.2) is 13.1 Å². The second-order valence-electron chi connectivity index (χ2n) is 8.01. The molecule has 1 aromatic heterocycles. The molecule has 29 heavy (non-hydrogen) atoms. The van der Waals surface area contributed by atoms with Crippen LogP contribution in [0.4, 0.5) is 0 Å². The van der Waals surface area contributed by atoms with E-state index < -0.39 is 10.0 Å². The van der Waals surface area contributed by atoms with Crippen LogP contribution in [0, 0.1) is 34.6 Å². The van der Waals surface area contributed by atoms with Crippen molar-refractivity contribution in [2.24, 2.45) is 7.05 Å². The summed E-state index contributed by atoms with van der Waals surface area (Å²) in [5.41, 5.74) is 6.01. The molecule has 1 aliphatic heterocycles. The molecule has 7 heteroatoms. The van der Waals surface area contributed by atoms with Crippen LogP contribution in [0.25, 0.3) is 0 Å². The number of hydrogen-bond acceptors (Lipinski definition) is 4. The number of rotatable bonds is 6. The van der Waals surface area contributed by atoms with E-state index >= 15 is 0 Å². The number of morpholine rings is 1. The first kappa shape index (κ1) is 22.0. The van der Waals surface area contributed by atoms with Gasteiger partial charge in [0.15, 0.2) is 0 Å². The van der Waals surface area contributed by atoms with E-state index in [1.807, 2.05) is 47.0 Å². The van der Waals surface area contributed by atoms with Crippen molar-refractivity contribution in [1.29, 1.82) is 0 Å². The van der Waals surface area contributed by atoms with Gasteiger partial charge in [-0.2, -0.15) is 0 Å². The lowest BCUT2D eigenvalue weighted by Gasteiger charge is -2.35. The number of aromatic nitrogens is 1. The molecule has 160 valence electrons. The van der Waals surface area contributed by atoms with Gasteiger partial charge in [0.1, 0.15) is 0 Å². The quantitative estimate of drug-likeness (QED) is 0.782. The van der Waals surface area contributed by atoms with Crippen molar-refractivity contribution >= 4 is 10.0 Å². The van der Waals surface area contributed by atoms with Crippen molar-refractivity contribution in [3.63, 3.8) is 0 Å². The maximum Gasteiger partial charge on any atom is 0.241 e. The zero-order chi connectivity index (χ0) is 21.3. The lowest BCUT2D eigenvalue weighted by molar-refractivity contribution is 0.0158. The molecule has 3 rings (SSSR count). The normalized spacial score (nSPS) is 16.9. The molecule has 1 fully saturated rings. The molecule has 1 N–H and O–H groups in total. The van der Waals surface area contributed by atoms with E-state index in [1.54, 1.807) is 0 Å². The van der Waals surface area contributed by atoms with Crippen LogP contribution in [-0.2, 0) is 21.8 Å². The largest absolute Gasteiger partial charge is 0.379 e. The van der Waals surface area contributed by atoms with Crippen LogP contribution in [0.2, 0.25) is 0 Å². The Kier molecular flexibility index (Phi) is 6.53. The van der Waals surface area contributed by atoms with E-state index in [2.05, 4.69) is 27.2 Å². The van der Waals surface area contributed by atoms with Gasteiger partial charge in [-0.1, -0.05) is 0 Å².